The summed E-state index contributed by atoms with van der Waals surface area (Å²) in [6.07, 6.45) is 1.64. The van der Waals surface area contributed by atoms with Crippen molar-refractivity contribution in [3.8, 4) is 0 Å². The van der Waals surface area contributed by atoms with Crippen LogP contribution in [0.25, 0.3) is 10.9 Å². The van der Waals surface area contributed by atoms with Crippen LogP contribution in [0.4, 0.5) is 0 Å². The Hall–Kier alpha value is -2.86. The van der Waals surface area contributed by atoms with E-state index in [1.165, 1.54) is 16.3 Å². The fourth-order valence-electron chi connectivity index (χ4n) is 2.34. The highest BCUT2D eigenvalue weighted by Crippen LogP contribution is 2.18. The summed E-state index contributed by atoms with van der Waals surface area (Å²) in [5.74, 6) is -0.346. The number of thioether (sulfide) groups is 1. The molecular formula is C19H16N2O3S. The fourth-order valence-corrected chi connectivity index (χ4v) is 3.09. The van der Waals surface area contributed by atoms with E-state index in [1.807, 2.05) is 12.1 Å². The molecule has 0 saturated heterocycles. The number of carbonyl (C=O) groups excluding carboxylic acids is 1. The Bertz CT molecular complexity index is 967. The number of fused-ring (bicyclic) bond motifs is 1. The molecule has 0 N–H and O–H groups in total. The van der Waals surface area contributed by atoms with Crippen molar-refractivity contribution in [2.45, 2.75) is 11.7 Å². The summed E-state index contributed by atoms with van der Waals surface area (Å²) < 4.78 is 6.78. The molecule has 0 radical (unpaired) electrons. The smallest absolute Gasteiger partial charge is 0.338 e. The Kier molecular flexibility index (Phi) is 5.30. The molecule has 0 spiro atoms. The van der Waals surface area contributed by atoms with Crippen molar-refractivity contribution in [1.29, 1.82) is 0 Å². The Morgan fingerprint density at radius 2 is 1.88 bits per heavy atom. The first kappa shape index (κ1) is 17.0. The van der Waals surface area contributed by atoms with Gasteiger partial charge in [-0.1, -0.05) is 36.4 Å². The minimum Gasteiger partial charge on any atom is -0.451 e. The minimum atomic E-state index is -0.411. The van der Waals surface area contributed by atoms with Crippen LogP contribution in [-0.4, -0.2) is 21.5 Å². The standard InChI is InChI=1S/C19H16N2O3S/c1-2-12-21-17(22)15-10-6-7-11-16(15)20-19(21)25-13-24-18(23)14-8-4-3-5-9-14/h2-11H,1,12-13H2. The maximum atomic E-state index is 12.6. The highest BCUT2D eigenvalue weighted by Gasteiger charge is 2.12. The molecular weight excluding hydrogens is 336 g/mol. The van der Waals surface area contributed by atoms with E-state index in [0.717, 1.165) is 0 Å². The first-order chi connectivity index (χ1) is 12.2. The van der Waals surface area contributed by atoms with E-state index < -0.39 is 5.97 Å². The van der Waals surface area contributed by atoms with E-state index >= 15 is 0 Å². The zero-order valence-corrected chi connectivity index (χ0v) is 14.2. The molecule has 0 unspecified atom stereocenters. The second kappa shape index (κ2) is 7.81. The van der Waals surface area contributed by atoms with Gasteiger partial charge in [-0.15, -0.1) is 6.58 Å². The van der Waals surface area contributed by atoms with Crippen LogP contribution < -0.4 is 5.56 Å². The number of hydrogen-bond donors (Lipinski definition) is 0. The second-order valence-electron chi connectivity index (χ2n) is 5.18. The number of ether oxygens (including phenoxy) is 1. The molecule has 126 valence electrons. The fraction of sp³-hybridized carbons (Fsp3) is 0.105. The molecule has 3 rings (SSSR count). The maximum absolute atomic E-state index is 12.6. The van der Waals surface area contributed by atoms with Gasteiger partial charge in [0.2, 0.25) is 0 Å². The molecule has 0 bridgehead atoms. The van der Waals surface area contributed by atoms with Gasteiger partial charge in [0.05, 0.1) is 16.5 Å². The van der Waals surface area contributed by atoms with Crippen molar-refractivity contribution in [3.63, 3.8) is 0 Å². The van der Waals surface area contributed by atoms with Crippen LogP contribution in [0.15, 0.2) is 77.2 Å². The average molecular weight is 352 g/mol. The van der Waals surface area contributed by atoms with Gasteiger partial charge in [0.15, 0.2) is 5.16 Å². The molecule has 25 heavy (non-hydrogen) atoms. The van der Waals surface area contributed by atoms with Crippen molar-refractivity contribution < 1.29 is 9.53 Å². The van der Waals surface area contributed by atoms with Crippen LogP contribution in [0.5, 0.6) is 0 Å². The molecule has 0 aliphatic heterocycles. The van der Waals surface area contributed by atoms with E-state index in [1.54, 1.807) is 48.5 Å². The predicted octanol–water partition coefficient (Wildman–Crippen LogP) is 3.49. The molecule has 3 aromatic rings. The first-order valence-corrected chi connectivity index (χ1v) is 8.64. The van der Waals surface area contributed by atoms with Gasteiger partial charge >= 0.3 is 5.97 Å². The summed E-state index contributed by atoms with van der Waals surface area (Å²) in [6.45, 7) is 4.02. The van der Waals surface area contributed by atoms with E-state index in [4.69, 9.17) is 4.74 Å². The van der Waals surface area contributed by atoms with Gasteiger partial charge in [-0.2, -0.15) is 0 Å². The van der Waals surface area contributed by atoms with Crippen LogP contribution in [0, 0.1) is 0 Å². The Balaban J connectivity index is 1.81. The van der Waals surface area contributed by atoms with Crippen molar-refractivity contribution in [3.05, 3.63) is 83.2 Å². The molecule has 0 atom stereocenters. The van der Waals surface area contributed by atoms with Crippen LogP contribution >= 0.6 is 11.8 Å². The van der Waals surface area contributed by atoms with Gasteiger partial charge in [0.25, 0.3) is 5.56 Å². The third-order valence-electron chi connectivity index (χ3n) is 3.53. The normalized spacial score (nSPS) is 10.6. The van der Waals surface area contributed by atoms with Crippen molar-refractivity contribution in [1.82, 2.24) is 9.55 Å². The number of carbonyl (C=O) groups is 1. The van der Waals surface area contributed by atoms with Crippen LogP contribution in [0.3, 0.4) is 0 Å². The Morgan fingerprint density at radius 1 is 1.16 bits per heavy atom. The van der Waals surface area contributed by atoms with Gasteiger partial charge in [-0.25, -0.2) is 9.78 Å². The summed E-state index contributed by atoms with van der Waals surface area (Å²) in [6, 6.07) is 15.9. The minimum absolute atomic E-state index is 0.0651. The van der Waals surface area contributed by atoms with Crippen LogP contribution in [0.2, 0.25) is 0 Å². The van der Waals surface area contributed by atoms with Crippen molar-refractivity contribution >= 4 is 28.6 Å². The topological polar surface area (TPSA) is 61.2 Å². The Morgan fingerprint density at radius 3 is 2.64 bits per heavy atom. The lowest BCUT2D eigenvalue weighted by atomic mass is 10.2. The zero-order chi connectivity index (χ0) is 17.6. The average Bonchev–Trinajstić information content (AvgIpc) is 2.65. The molecule has 1 heterocycles. The van der Waals surface area contributed by atoms with Crippen LogP contribution in [-0.2, 0) is 11.3 Å². The molecule has 1 aromatic heterocycles. The van der Waals surface area contributed by atoms with Gasteiger partial charge in [0, 0.05) is 6.54 Å². The first-order valence-electron chi connectivity index (χ1n) is 7.66. The molecule has 2 aromatic carbocycles. The molecule has 0 amide bonds. The lowest BCUT2D eigenvalue weighted by Gasteiger charge is -2.11. The number of hydrogen-bond acceptors (Lipinski definition) is 5. The van der Waals surface area contributed by atoms with E-state index in [9.17, 15) is 9.59 Å². The Labute approximate surface area is 149 Å². The molecule has 0 aliphatic rings. The number of aromatic nitrogens is 2. The lowest BCUT2D eigenvalue weighted by Crippen LogP contribution is -2.23. The number of benzene rings is 2. The third kappa shape index (κ3) is 3.80. The number of nitrogens with zero attached hydrogens (tertiary/aromatic N) is 2. The number of para-hydroxylation sites is 1. The second-order valence-corrected chi connectivity index (χ2v) is 6.07. The highest BCUT2D eigenvalue weighted by atomic mass is 32.2. The summed E-state index contributed by atoms with van der Waals surface area (Å²) in [5.41, 5.74) is 0.963. The molecule has 0 aliphatic carbocycles. The van der Waals surface area contributed by atoms with E-state index in [0.29, 0.717) is 28.2 Å². The monoisotopic (exact) mass is 352 g/mol. The largest absolute Gasteiger partial charge is 0.451 e. The maximum Gasteiger partial charge on any atom is 0.338 e. The quantitative estimate of drug-likeness (QED) is 0.223. The highest BCUT2D eigenvalue weighted by molar-refractivity contribution is 7.99. The summed E-state index contributed by atoms with van der Waals surface area (Å²) in [7, 11) is 0. The van der Waals surface area contributed by atoms with Gasteiger partial charge in [0.1, 0.15) is 5.94 Å². The van der Waals surface area contributed by atoms with Gasteiger partial charge in [-0.3, -0.25) is 9.36 Å². The molecule has 0 fully saturated rings. The van der Waals surface area contributed by atoms with E-state index in [-0.39, 0.29) is 11.5 Å². The van der Waals surface area contributed by atoms with Crippen LogP contribution in [0.1, 0.15) is 10.4 Å². The lowest BCUT2D eigenvalue weighted by molar-refractivity contribution is 0.0579. The molecule has 0 saturated carbocycles. The van der Waals surface area contributed by atoms with Gasteiger partial charge in [-0.05, 0) is 36.0 Å². The zero-order valence-electron chi connectivity index (χ0n) is 13.4. The van der Waals surface area contributed by atoms with E-state index in [2.05, 4.69) is 11.6 Å². The number of allylic oxidation sites excluding steroid dienone is 1. The molecule has 5 nitrogen and oxygen atoms in total. The molecule has 6 heteroatoms. The van der Waals surface area contributed by atoms with Crippen molar-refractivity contribution in [2.75, 3.05) is 5.94 Å². The summed E-state index contributed by atoms with van der Waals surface area (Å²) in [4.78, 5) is 29.1. The summed E-state index contributed by atoms with van der Waals surface area (Å²) in [5, 5.41) is 1.04. The third-order valence-corrected chi connectivity index (χ3v) is 4.33. The summed E-state index contributed by atoms with van der Waals surface area (Å²) >= 11 is 1.20. The predicted molar refractivity (Wildman–Crippen MR) is 98.8 cm³/mol. The number of rotatable bonds is 6. The number of esters is 1. The SMILES string of the molecule is C=CCn1c(SCOC(=O)c2ccccc2)nc2ccccc2c1=O. The van der Waals surface area contributed by atoms with Crippen molar-refractivity contribution in [2.24, 2.45) is 0 Å². The van der Waals surface area contributed by atoms with Gasteiger partial charge < -0.3 is 4.74 Å².